The van der Waals surface area contributed by atoms with E-state index in [9.17, 15) is 18.8 Å². The Morgan fingerprint density at radius 2 is 1.74 bits per heavy atom. The Morgan fingerprint density at radius 3 is 2.31 bits per heavy atom. The van der Waals surface area contributed by atoms with Gasteiger partial charge in [0.2, 0.25) is 11.8 Å². The standard InChI is InChI=1S/C31H35FN4O3/c1-7-24(34-30(39)28(31(3,4)5)36-18-8-9-27(36)37)16-10-20(2)29(38)35-26-19-22(13-17-25(26)33-6)21-11-14-23(32)15-12-21/h1,10-17,19,28,33H,8-9,18H2,2-6H3,(H,34,39)(H,35,38). The maximum absolute atomic E-state index is 13.3. The van der Waals surface area contributed by atoms with E-state index in [1.165, 1.54) is 24.3 Å². The number of allylic oxidation sites excluding steroid dienone is 3. The summed E-state index contributed by atoms with van der Waals surface area (Å²) in [7, 11) is 1.75. The van der Waals surface area contributed by atoms with E-state index >= 15 is 0 Å². The summed E-state index contributed by atoms with van der Waals surface area (Å²) in [6.07, 6.45) is 9.81. The number of hydrogen-bond acceptors (Lipinski definition) is 4. The van der Waals surface area contributed by atoms with Gasteiger partial charge in [-0.05, 0) is 60.2 Å². The van der Waals surface area contributed by atoms with Crippen molar-refractivity contribution in [2.45, 2.75) is 46.6 Å². The Balaban J connectivity index is 1.77. The van der Waals surface area contributed by atoms with Gasteiger partial charge >= 0.3 is 0 Å². The van der Waals surface area contributed by atoms with Crippen molar-refractivity contribution < 1.29 is 18.8 Å². The molecule has 1 fully saturated rings. The highest BCUT2D eigenvalue weighted by Crippen LogP contribution is 2.30. The van der Waals surface area contributed by atoms with Crippen LogP contribution in [0.2, 0.25) is 0 Å². The van der Waals surface area contributed by atoms with Gasteiger partial charge in [0.15, 0.2) is 0 Å². The lowest BCUT2D eigenvalue weighted by Gasteiger charge is -2.36. The summed E-state index contributed by atoms with van der Waals surface area (Å²) in [6, 6.07) is 10.9. The zero-order valence-electron chi connectivity index (χ0n) is 23.0. The Hall–Kier alpha value is -4.38. The third-order valence-electron chi connectivity index (χ3n) is 6.48. The van der Waals surface area contributed by atoms with Gasteiger partial charge < -0.3 is 20.9 Å². The minimum Gasteiger partial charge on any atom is -0.386 e. The zero-order chi connectivity index (χ0) is 28.7. The first-order valence-corrected chi connectivity index (χ1v) is 12.8. The molecule has 2 aromatic carbocycles. The van der Waals surface area contributed by atoms with Crippen molar-refractivity contribution in [2.75, 3.05) is 24.2 Å². The molecule has 1 atom stereocenters. The molecule has 39 heavy (non-hydrogen) atoms. The molecule has 204 valence electrons. The van der Waals surface area contributed by atoms with E-state index in [0.717, 1.165) is 17.5 Å². The highest BCUT2D eigenvalue weighted by molar-refractivity contribution is 6.05. The summed E-state index contributed by atoms with van der Waals surface area (Å²) in [5, 5.41) is 8.68. The minimum absolute atomic E-state index is 0.0480. The van der Waals surface area contributed by atoms with Crippen molar-refractivity contribution in [3.8, 4) is 23.5 Å². The average Bonchev–Trinajstić information content (AvgIpc) is 3.30. The normalized spacial score (nSPS) is 15.0. The monoisotopic (exact) mass is 530 g/mol. The van der Waals surface area contributed by atoms with Crippen LogP contribution in [0.15, 0.2) is 65.9 Å². The SMILES string of the molecule is C#CC(=CC=C(C)C(=O)Nc1cc(-c2ccc(F)cc2)ccc1NC)NC(=O)C(N1CCCC1=O)C(C)(C)C. The smallest absolute Gasteiger partial charge is 0.251 e. The van der Waals surface area contributed by atoms with Gasteiger partial charge in [-0.15, -0.1) is 6.42 Å². The topological polar surface area (TPSA) is 90.5 Å². The fourth-order valence-corrected chi connectivity index (χ4v) is 4.46. The molecular formula is C31H35FN4O3. The molecule has 0 spiro atoms. The molecule has 0 aromatic heterocycles. The van der Waals surface area contributed by atoms with E-state index in [0.29, 0.717) is 29.9 Å². The molecule has 1 heterocycles. The lowest BCUT2D eigenvalue weighted by Crippen LogP contribution is -2.53. The molecular weight excluding hydrogens is 495 g/mol. The van der Waals surface area contributed by atoms with E-state index < -0.39 is 11.5 Å². The number of anilines is 2. The highest BCUT2D eigenvalue weighted by atomic mass is 19.1. The molecule has 0 bridgehead atoms. The Labute approximate surface area is 229 Å². The van der Waals surface area contributed by atoms with Gasteiger partial charge in [-0.1, -0.05) is 51.0 Å². The van der Waals surface area contributed by atoms with E-state index in [2.05, 4.69) is 21.9 Å². The first-order chi connectivity index (χ1) is 18.4. The number of carbonyl (C=O) groups excluding carboxylic acids is 3. The minimum atomic E-state index is -0.675. The second kappa shape index (κ2) is 12.4. The molecule has 1 saturated heterocycles. The average molecular weight is 531 g/mol. The summed E-state index contributed by atoms with van der Waals surface area (Å²) in [6.45, 7) is 7.87. The fraction of sp³-hybridized carbons (Fsp3) is 0.323. The summed E-state index contributed by atoms with van der Waals surface area (Å²) < 4.78 is 13.3. The summed E-state index contributed by atoms with van der Waals surface area (Å²) in [5.74, 6) is 1.34. The van der Waals surface area contributed by atoms with Crippen LogP contribution in [0.1, 0.15) is 40.5 Å². The van der Waals surface area contributed by atoms with Crippen LogP contribution >= 0.6 is 0 Å². The van der Waals surface area contributed by atoms with Crippen LogP contribution in [-0.2, 0) is 14.4 Å². The number of likely N-dealkylation sites (tertiary alicyclic amines) is 1. The first kappa shape index (κ1) is 29.2. The number of rotatable bonds is 8. The lowest BCUT2D eigenvalue weighted by molar-refractivity contribution is -0.141. The third kappa shape index (κ3) is 7.35. The molecule has 2 aromatic rings. The van der Waals surface area contributed by atoms with Gasteiger partial charge in [-0.25, -0.2) is 4.39 Å². The Bertz CT molecular complexity index is 1350. The van der Waals surface area contributed by atoms with Crippen molar-refractivity contribution in [1.29, 1.82) is 0 Å². The van der Waals surface area contributed by atoms with Crippen LogP contribution in [0, 0.1) is 23.6 Å². The molecule has 7 nitrogen and oxygen atoms in total. The van der Waals surface area contributed by atoms with Crippen molar-refractivity contribution in [1.82, 2.24) is 10.2 Å². The van der Waals surface area contributed by atoms with E-state index in [1.54, 1.807) is 37.1 Å². The highest BCUT2D eigenvalue weighted by Gasteiger charge is 2.40. The molecule has 1 aliphatic heterocycles. The van der Waals surface area contributed by atoms with Gasteiger partial charge in [-0.3, -0.25) is 14.4 Å². The predicted octanol–water partition coefficient (Wildman–Crippen LogP) is 5.09. The molecule has 0 radical (unpaired) electrons. The number of benzene rings is 2. The second-order valence-electron chi connectivity index (χ2n) is 10.5. The van der Waals surface area contributed by atoms with Crippen LogP contribution in [0.3, 0.4) is 0 Å². The lowest BCUT2D eigenvalue weighted by atomic mass is 9.85. The summed E-state index contributed by atoms with van der Waals surface area (Å²) in [4.78, 5) is 40.1. The van der Waals surface area contributed by atoms with Gasteiger partial charge in [0.25, 0.3) is 5.91 Å². The third-order valence-corrected chi connectivity index (χ3v) is 6.48. The maximum atomic E-state index is 13.3. The van der Waals surface area contributed by atoms with Gasteiger partial charge in [0, 0.05) is 25.6 Å². The Morgan fingerprint density at radius 1 is 1.08 bits per heavy atom. The number of nitrogens with zero attached hydrogens (tertiary/aromatic N) is 1. The number of terminal acetylenes is 1. The van der Waals surface area contributed by atoms with Crippen LogP contribution in [0.5, 0.6) is 0 Å². The number of amides is 3. The largest absolute Gasteiger partial charge is 0.386 e. The van der Waals surface area contributed by atoms with Gasteiger partial charge in [0.05, 0.1) is 17.1 Å². The van der Waals surface area contributed by atoms with E-state index in [1.807, 2.05) is 32.9 Å². The number of carbonyl (C=O) groups is 3. The van der Waals surface area contributed by atoms with Crippen molar-refractivity contribution in [3.63, 3.8) is 0 Å². The van der Waals surface area contributed by atoms with Crippen molar-refractivity contribution in [3.05, 3.63) is 71.7 Å². The predicted molar refractivity (Wildman–Crippen MR) is 153 cm³/mol. The fourth-order valence-electron chi connectivity index (χ4n) is 4.46. The number of nitrogens with one attached hydrogen (secondary N) is 3. The van der Waals surface area contributed by atoms with Crippen LogP contribution in [-0.4, -0.2) is 42.3 Å². The molecule has 1 unspecified atom stereocenters. The van der Waals surface area contributed by atoms with Crippen molar-refractivity contribution >= 4 is 29.1 Å². The molecule has 3 rings (SSSR count). The zero-order valence-corrected chi connectivity index (χ0v) is 23.0. The molecule has 3 N–H and O–H groups in total. The van der Waals surface area contributed by atoms with Gasteiger partial charge in [0.1, 0.15) is 11.9 Å². The molecule has 8 heteroatoms. The van der Waals surface area contributed by atoms with Crippen molar-refractivity contribution in [2.24, 2.45) is 5.41 Å². The summed E-state index contributed by atoms with van der Waals surface area (Å²) >= 11 is 0. The van der Waals surface area contributed by atoms with E-state index in [4.69, 9.17) is 6.42 Å². The summed E-state index contributed by atoms with van der Waals surface area (Å²) in [5.41, 5.74) is 2.92. The maximum Gasteiger partial charge on any atom is 0.251 e. The molecule has 3 amide bonds. The second-order valence-corrected chi connectivity index (χ2v) is 10.5. The van der Waals surface area contributed by atoms with Crippen LogP contribution < -0.4 is 16.0 Å². The quantitative estimate of drug-likeness (QED) is 0.252. The van der Waals surface area contributed by atoms with Crippen LogP contribution in [0.4, 0.5) is 15.8 Å². The van der Waals surface area contributed by atoms with Crippen LogP contribution in [0.25, 0.3) is 11.1 Å². The first-order valence-electron chi connectivity index (χ1n) is 12.8. The Kier molecular flexibility index (Phi) is 9.31. The molecule has 0 aliphatic carbocycles. The van der Waals surface area contributed by atoms with Gasteiger partial charge in [-0.2, -0.15) is 0 Å². The molecule has 1 aliphatic rings. The van der Waals surface area contributed by atoms with E-state index in [-0.39, 0.29) is 29.2 Å². The number of hydrogen-bond donors (Lipinski definition) is 3. The molecule has 0 saturated carbocycles. The number of halogens is 1.